The van der Waals surface area contributed by atoms with Crippen LogP contribution in [0.1, 0.15) is 48.5 Å². The fourth-order valence-corrected chi connectivity index (χ4v) is 3.74. The predicted octanol–water partition coefficient (Wildman–Crippen LogP) is 5.38. The third kappa shape index (κ3) is 5.15. The maximum absolute atomic E-state index is 13.2. The van der Waals surface area contributed by atoms with E-state index in [4.69, 9.17) is 4.74 Å². The molecule has 1 heterocycles. The summed E-state index contributed by atoms with van der Waals surface area (Å²) in [6, 6.07) is 5.74. The van der Waals surface area contributed by atoms with Crippen LogP contribution in [-0.4, -0.2) is 29.0 Å². The summed E-state index contributed by atoms with van der Waals surface area (Å²) in [6.45, 7) is 2.14. The molecule has 1 N–H and O–H groups in total. The third-order valence-corrected chi connectivity index (χ3v) is 5.55. The Labute approximate surface area is 177 Å². The second-order valence-corrected chi connectivity index (χ2v) is 7.79. The number of nitrogens with zero attached hydrogens (tertiary/aromatic N) is 2. The first-order valence-corrected chi connectivity index (χ1v) is 9.93. The van der Waals surface area contributed by atoms with Gasteiger partial charge in [0.25, 0.3) is 0 Å². The highest BCUT2D eigenvalue weighted by Gasteiger charge is 2.35. The molecule has 1 fully saturated rings. The van der Waals surface area contributed by atoms with Crippen LogP contribution in [0.3, 0.4) is 0 Å². The quantitative estimate of drug-likeness (QED) is 0.681. The first-order chi connectivity index (χ1) is 14.6. The predicted molar refractivity (Wildman–Crippen MR) is 107 cm³/mol. The lowest BCUT2D eigenvalue weighted by atomic mass is 9.82. The van der Waals surface area contributed by atoms with Gasteiger partial charge in [0.1, 0.15) is 11.3 Å². The second kappa shape index (κ2) is 8.95. The summed E-state index contributed by atoms with van der Waals surface area (Å²) < 4.78 is 44.7. The lowest BCUT2D eigenvalue weighted by Gasteiger charge is -2.29. The van der Waals surface area contributed by atoms with Gasteiger partial charge < -0.3 is 14.7 Å². The molecule has 1 aliphatic carbocycles. The lowest BCUT2D eigenvalue weighted by Crippen LogP contribution is -2.35. The van der Waals surface area contributed by atoms with E-state index in [-0.39, 0.29) is 28.8 Å². The number of aromatic carboxylic acids is 1. The molecule has 0 radical (unpaired) electrons. The molecule has 0 bridgehead atoms. The number of pyridine rings is 1. The molecule has 0 saturated heterocycles. The first kappa shape index (κ1) is 22.6. The van der Waals surface area contributed by atoms with Crippen LogP contribution >= 0.6 is 0 Å². The molecule has 6 nitrogen and oxygen atoms in total. The molecular formula is C22H23F3N2O4. The van der Waals surface area contributed by atoms with Gasteiger partial charge in [-0.25, -0.2) is 9.78 Å². The topological polar surface area (TPSA) is 79.7 Å². The molecule has 2 aromatic rings. The Balaban J connectivity index is 1.87. The van der Waals surface area contributed by atoms with E-state index >= 15 is 0 Å². The van der Waals surface area contributed by atoms with E-state index in [1.54, 1.807) is 0 Å². The Morgan fingerprint density at radius 1 is 1.16 bits per heavy atom. The normalized spacial score (nSPS) is 19.0. The number of hydrogen-bond acceptors (Lipinski definition) is 4. The van der Waals surface area contributed by atoms with Crippen molar-refractivity contribution in [1.29, 1.82) is 0 Å². The number of hydrogen-bond donors (Lipinski definition) is 1. The van der Waals surface area contributed by atoms with Crippen molar-refractivity contribution >= 4 is 17.6 Å². The van der Waals surface area contributed by atoms with Gasteiger partial charge in [-0.15, -0.1) is 0 Å². The molecule has 0 spiro atoms. The molecule has 0 atom stereocenters. The summed E-state index contributed by atoms with van der Waals surface area (Å²) in [5, 5.41) is 9.63. The number of halogens is 3. The highest BCUT2D eigenvalue weighted by Crippen LogP contribution is 2.38. The monoisotopic (exact) mass is 436 g/mol. The van der Waals surface area contributed by atoms with Crippen molar-refractivity contribution in [3.8, 4) is 11.6 Å². The van der Waals surface area contributed by atoms with Crippen molar-refractivity contribution in [2.45, 2.75) is 38.8 Å². The van der Waals surface area contributed by atoms with Gasteiger partial charge >= 0.3 is 12.1 Å². The summed E-state index contributed by atoms with van der Waals surface area (Å²) in [5.41, 5.74) is -1.17. The molecule has 0 aliphatic heterocycles. The minimum Gasteiger partial charge on any atom is -0.478 e. The van der Waals surface area contributed by atoms with Gasteiger partial charge in [0.05, 0.1) is 11.3 Å². The van der Waals surface area contributed by atoms with E-state index in [0.717, 1.165) is 50.1 Å². The Morgan fingerprint density at radius 3 is 2.45 bits per heavy atom. The van der Waals surface area contributed by atoms with Crippen LogP contribution in [0.2, 0.25) is 0 Å². The zero-order valence-electron chi connectivity index (χ0n) is 17.1. The Kier molecular flexibility index (Phi) is 6.52. The number of carboxylic acids is 1. The van der Waals surface area contributed by atoms with Crippen LogP contribution in [0.15, 0.2) is 36.5 Å². The minimum absolute atomic E-state index is 0.127. The zero-order valence-corrected chi connectivity index (χ0v) is 17.1. The first-order valence-electron chi connectivity index (χ1n) is 9.93. The van der Waals surface area contributed by atoms with Gasteiger partial charge in [-0.1, -0.05) is 6.92 Å². The lowest BCUT2D eigenvalue weighted by molar-refractivity contribution is -0.138. The minimum atomic E-state index is -4.68. The van der Waals surface area contributed by atoms with Crippen LogP contribution < -0.4 is 9.64 Å². The molecule has 1 aromatic carbocycles. The Hall–Kier alpha value is -3.10. The van der Waals surface area contributed by atoms with E-state index in [0.29, 0.717) is 5.92 Å². The van der Waals surface area contributed by atoms with Gasteiger partial charge in [0.15, 0.2) is 0 Å². The molecule has 1 saturated carbocycles. The van der Waals surface area contributed by atoms with Crippen molar-refractivity contribution in [1.82, 2.24) is 4.98 Å². The largest absolute Gasteiger partial charge is 0.478 e. The van der Waals surface area contributed by atoms with E-state index in [1.807, 2.05) is 0 Å². The van der Waals surface area contributed by atoms with Gasteiger partial charge in [-0.05, 0) is 61.9 Å². The van der Waals surface area contributed by atoms with Gasteiger partial charge in [-0.3, -0.25) is 4.79 Å². The van der Waals surface area contributed by atoms with Crippen LogP contribution in [0.25, 0.3) is 0 Å². The van der Waals surface area contributed by atoms with Crippen LogP contribution in [-0.2, 0) is 11.0 Å². The summed E-state index contributed by atoms with van der Waals surface area (Å²) in [5.74, 6) is -1.92. The SMILES string of the molecule is CC1CCC(C(=O)N(C)c2ccc(Oc3ncccc3C(F)(F)F)cc2C(=O)O)CC1. The number of amides is 1. The molecule has 166 valence electrons. The zero-order chi connectivity index (χ0) is 22.8. The Bertz CT molecular complexity index is 969. The average molecular weight is 436 g/mol. The summed E-state index contributed by atoms with van der Waals surface area (Å²) in [6.07, 6.45) is -0.164. The smallest absolute Gasteiger partial charge is 0.421 e. The average Bonchev–Trinajstić information content (AvgIpc) is 2.73. The molecule has 1 aliphatic rings. The molecule has 31 heavy (non-hydrogen) atoms. The number of aromatic nitrogens is 1. The molecular weight excluding hydrogens is 413 g/mol. The molecule has 0 unspecified atom stereocenters. The van der Waals surface area contributed by atoms with Crippen molar-refractivity contribution in [3.63, 3.8) is 0 Å². The fraction of sp³-hybridized carbons (Fsp3) is 0.409. The highest BCUT2D eigenvalue weighted by molar-refractivity contribution is 6.02. The van der Waals surface area contributed by atoms with Gasteiger partial charge in [0.2, 0.25) is 11.8 Å². The van der Waals surface area contributed by atoms with E-state index in [2.05, 4.69) is 11.9 Å². The Morgan fingerprint density at radius 2 is 1.84 bits per heavy atom. The van der Waals surface area contributed by atoms with Crippen molar-refractivity contribution in [2.24, 2.45) is 11.8 Å². The van der Waals surface area contributed by atoms with Gasteiger partial charge in [0, 0.05) is 19.2 Å². The molecule has 3 rings (SSSR count). The maximum Gasteiger partial charge on any atom is 0.421 e. The van der Waals surface area contributed by atoms with Crippen molar-refractivity contribution < 1.29 is 32.6 Å². The van der Waals surface area contributed by atoms with Crippen molar-refractivity contribution in [3.05, 3.63) is 47.7 Å². The maximum atomic E-state index is 13.2. The number of carbonyl (C=O) groups excluding carboxylic acids is 1. The number of benzene rings is 1. The fourth-order valence-electron chi connectivity index (χ4n) is 3.74. The van der Waals surface area contributed by atoms with Crippen molar-refractivity contribution in [2.75, 3.05) is 11.9 Å². The number of anilines is 1. The molecule has 1 amide bonds. The van der Waals surface area contributed by atoms with Crippen LogP contribution in [0.4, 0.5) is 18.9 Å². The number of carboxylic acid groups (broad SMARTS) is 1. The number of rotatable bonds is 5. The summed E-state index contributed by atoms with van der Waals surface area (Å²) in [7, 11) is 1.50. The highest BCUT2D eigenvalue weighted by atomic mass is 19.4. The van der Waals surface area contributed by atoms with Gasteiger partial charge in [-0.2, -0.15) is 13.2 Å². The standard InChI is InChI=1S/C22H23F3N2O4/c1-13-5-7-14(8-6-13)20(28)27(2)18-10-9-15(12-16(18)21(29)30)31-19-17(22(23,24)25)4-3-11-26-19/h3-4,9-14H,5-8H2,1-2H3,(H,29,30). The summed E-state index contributed by atoms with van der Waals surface area (Å²) in [4.78, 5) is 29.6. The molecule has 1 aromatic heterocycles. The van der Waals surface area contributed by atoms with Crippen LogP contribution in [0, 0.1) is 11.8 Å². The van der Waals surface area contributed by atoms with E-state index < -0.39 is 23.6 Å². The number of alkyl halides is 3. The van der Waals surface area contributed by atoms with Crippen LogP contribution in [0.5, 0.6) is 11.6 Å². The molecule has 9 heteroatoms. The second-order valence-electron chi connectivity index (χ2n) is 7.79. The van der Waals surface area contributed by atoms with E-state index in [1.165, 1.54) is 24.1 Å². The summed E-state index contributed by atoms with van der Waals surface area (Å²) >= 11 is 0. The van der Waals surface area contributed by atoms with E-state index in [9.17, 15) is 27.9 Å². The third-order valence-electron chi connectivity index (χ3n) is 5.55. The number of carbonyl (C=O) groups is 2. The number of ether oxygens (including phenoxy) is 1.